The molecule has 2 atom stereocenters. The van der Waals surface area contributed by atoms with Crippen LogP contribution in [0.5, 0.6) is 0 Å². The van der Waals surface area contributed by atoms with E-state index in [0.29, 0.717) is 0 Å². The summed E-state index contributed by atoms with van der Waals surface area (Å²) in [6.45, 7) is 4.74. The number of carbonyl (C=O) groups is 6. The van der Waals surface area contributed by atoms with E-state index in [-0.39, 0.29) is 6.42 Å². The highest BCUT2D eigenvalue weighted by Gasteiger charge is 2.44. The maximum atomic E-state index is 11.0. The quantitative estimate of drug-likeness (QED) is 0.445. The van der Waals surface area contributed by atoms with Gasteiger partial charge in [0.2, 0.25) is 0 Å². The van der Waals surface area contributed by atoms with Gasteiger partial charge in [-0.25, -0.2) is 0 Å². The van der Waals surface area contributed by atoms with E-state index in [9.17, 15) is 28.8 Å². The van der Waals surface area contributed by atoms with E-state index in [1.165, 1.54) is 27.9 Å². The molecule has 0 radical (unpaired) electrons. The summed E-state index contributed by atoms with van der Waals surface area (Å²) < 4.78 is 8.68. The lowest BCUT2D eigenvalue weighted by Crippen LogP contribution is -2.41. The number of rotatable bonds is 8. The van der Waals surface area contributed by atoms with Crippen molar-refractivity contribution in [3.63, 3.8) is 0 Å². The minimum absolute atomic E-state index is 0.265. The lowest BCUT2D eigenvalue weighted by Gasteiger charge is -2.24. The van der Waals surface area contributed by atoms with Crippen LogP contribution in [0.1, 0.15) is 34.1 Å². The number of Topliss-reactive ketones (excluding diaryl/α,β-unsaturated/α-hetero) is 2. The van der Waals surface area contributed by atoms with Crippen LogP contribution in [-0.4, -0.2) is 59.9 Å². The van der Waals surface area contributed by atoms with E-state index in [1.807, 2.05) is 0 Å². The third-order valence-electron chi connectivity index (χ3n) is 3.50. The van der Waals surface area contributed by atoms with Gasteiger partial charge in [-0.2, -0.15) is 0 Å². The summed E-state index contributed by atoms with van der Waals surface area (Å²) >= 11 is 0. The first-order valence-corrected chi connectivity index (χ1v) is 7.35. The van der Waals surface area contributed by atoms with E-state index in [4.69, 9.17) is 10.2 Å². The zero-order chi connectivity index (χ0) is 21.2. The summed E-state index contributed by atoms with van der Waals surface area (Å²) in [4.78, 5) is 64.8. The summed E-state index contributed by atoms with van der Waals surface area (Å²) in [5.41, 5.74) is -1.57. The second-order valence-corrected chi connectivity index (χ2v) is 5.88. The van der Waals surface area contributed by atoms with Crippen LogP contribution in [0, 0.1) is 17.3 Å². The Labute approximate surface area is 150 Å². The van der Waals surface area contributed by atoms with Gasteiger partial charge in [-0.1, -0.05) is 0 Å². The number of carboxylic acid groups (broad SMARTS) is 2. The highest BCUT2D eigenvalue weighted by molar-refractivity contribution is 6.02. The molecule has 148 valence electrons. The number of ether oxygens (including phenoxy) is 2. The van der Waals surface area contributed by atoms with Gasteiger partial charge in [-0.15, -0.1) is 0 Å². The minimum Gasteiger partial charge on any atom is -0.481 e. The summed E-state index contributed by atoms with van der Waals surface area (Å²) in [6, 6.07) is 0. The third-order valence-corrected chi connectivity index (χ3v) is 3.50. The van der Waals surface area contributed by atoms with E-state index < -0.39 is 52.7 Å². The van der Waals surface area contributed by atoms with Crippen molar-refractivity contribution in [2.24, 2.45) is 17.3 Å². The molecule has 0 bridgehead atoms. The minimum atomic E-state index is -1.57. The van der Waals surface area contributed by atoms with Crippen LogP contribution in [0.4, 0.5) is 0 Å². The Bertz CT molecular complexity index is 562. The van der Waals surface area contributed by atoms with Gasteiger partial charge in [0, 0.05) is 0 Å². The fraction of sp³-hybridized carbons (Fsp3) is 0.625. The van der Waals surface area contributed by atoms with Crippen molar-refractivity contribution in [3.05, 3.63) is 0 Å². The van der Waals surface area contributed by atoms with Crippen molar-refractivity contribution in [3.8, 4) is 0 Å². The summed E-state index contributed by atoms with van der Waals surface area (Å²) in [7, 11) is 2.35. The molecule has 0 amide bonds. The average Bonchev–Trinajstić information content (AvgIpc) is 2.50. The topological polar surface area (TPSA) is 161 Å². The SMILES string of the molecule is CC(=O)C(C(=O)O)C(C)(C)C(=O)O.COC(=O)CC(C(C)=O)C(=O)OC. The molecule has 0 saturated heterocycles. The number of aliphatic carboxylic acids is 2. The standard InChI is InChI=1S/2C8H12O5/c1-5(9)6(8(11)13-3)4-7(10)12-2;1-4(9)5(6(10)11)8(2,3)7(12)13/h6H,4H2,1-3H3;5H,1-3H3,(H,10,11)(H,12,13). The lowest BCUT2D eigenvalue weighted by molar-refractivity contribution is -0.163. The molecule has 2 unspecified atom stereocenters. The predicted molar refractivity (Wildman–Crippen MR) is 86.0 cm³/mol. The molecular weight excluding hydrogens is 352 g/mol. The molecule has 0 aliphatic carbocycles. The van der Waals surface area contributed by atoms with Crippen molar-refractivity contribution < 1.29 is 48.5 Å². The molecule has 0 aliphatic heterocycles. The van der Waals surface area contributed by atoms with Gasteiger partial charge >= 0.3 is 23.9 Å². The Morgan fingerprint density at radius 1 is 0.885 bits per heavy atom. The van der Waals surface area contributed by atoms with E-state index >= 15 is 0 Å². The van der Waals surface area contributed by atoms with Gasteiger partial charge in [-0.05, 0) is 27.7 Å². The Morgan fingerprint density at radius 3 is 1.54 bits per heavy atom. The highest BCUT2D eigenvalue weighted by atomic mass is 16.5. The average molecular weight is 376 g/mol. The molecule has 0 fully saturated rings. The lowest BCUT2D eigenvalue weighted by atomic mass is 9.77. The third kappa shape index (κ3) is 7.86. The van der Waals surface area contributed by atoms with Gasteiger partial charge in [0.05, 0.1) is 26.1 Å². The summed E-state index contributed by atoms with van der Waals surface area (Å²) in [5.74, 6) is -7.61. The monoisotopic (exact) mass is 376 g/mol. The number of hydrogen-bond donors (Lipinski definition) is 2. The number of methoxy groups -OCH3 is 2. The summed E-state index contributed by atoms with van der Waals surface area (Å²) in [5, 5.41) is 17.3. The zero-order valence-corrected chi connectivity index (χ0v) is 15.5. The van der Waals surface area contributed by atoms with Crippen LogP contribution in [0.2, 0.25) is 0 Å². The largest absolute Gasteiger partial charge is 0.481 e. The number of carboxylic acids is 2. The van der Waals surface area contributed by atoms with Crippen LogP contribution in [0.25, 0.3) is 0 Å². The van der Waals surface area contributed by atoms with Crippen molar-refractivity contribution in [1.82, 2.24) is 0 Å². The molecule has 10 nitrogen and oxygen atoms in total. The predicted octanol–water partition coefficient (Wildman–Crippen LogP) is 0.315. The van der Waals surface area contributed by atoms with Crippen molar-refractivity contribution >= 4 is 35.4 Å². The molecule has 26 heavy (non-hydrogen) atoms. The first-order chi connectivity index (χ1) is 11.7. The fourth-order valence-electron chi connectivity index (χ4n) is 1.90. The molecule has 0 saturated carbocycles. The van der Waals surface area contributed by atoms with Crippen molar-refractivity contribution in [2.45, 2.75) is 34.1 Å². The molecule has 0 spiro atoms. The Hall–Kier alpha value is -2.78. The van der Waals surface area contributed by atoms with Crippen LogP contribution >= 0.6 is 0 Å². The van der Waals surface area contributed by atoms with Crippen LogP contribution < -0.4 is 0 Å². The van der Waals surface area contributed by atoms with E-state index in [0.717, 1.165) is 14.0 Å². The normalized spacial score (nSPS) is 12.5. The first kappa shape index (κ1) is 25.5. The fourth-order valence-corrected chi connectivity index (χ4v) is 1.90. The van der Waals surface area contributed by atoms with Gasteiger partial charge in [0.25, 0.3) is 0 Å². The van der Waals surface area contributed by atoms with Crippen LogP contribution in [0.3, 0.4) is 0 Å². The molecule has 0 rings (SSSR count). The molecule has 0 aromatic carbocycles. The van der Waals surface area contributed by atoms with Crippen LogP contribution in [0.15, 0.2) is 0 Å². The van der Waals surface area contributed by atoms with Gasteiger partial charge < -0.3 is 19.7 Å². The number of carbonyl (C=O) groups excluding carboxylic acids is 4. The smallest absolute Gasteiger partial charge is 0.316 e. The Kier molecular flexibility index (Phi) is 10.7. The van der Waals surface area contributed by atoms with Crippen LogP contribution in [-0.2, 0) is 38.2 Å². The maximum Gasteiger partial charge on any atom is 0.316 e. The molecule has 0 aromatic rings. The first-order valence-electron chi connectivity index (χ1n) is 7.35. The van der Waals surface area contributed by atoms with Crippen molar-refractivity contribution in [1.29, 1.82) is 0 Å². The maximum absolute atomic E-state index is 11.0. The van der Waals surface area contributed by atoms with Gasteiger partial charge in [0.1, 0.15) is 23.4 Å². The molecule has 0 heterocycles. The Balaban J connectivity index is 0. The second kappa shape index (κ2) is 11.0. The van der Waals surface area contributed by atoms with Gasteiger partial charge in [0.15, 0.2) is 0 Å². The zero-order valence-electron chi connectivity index (χ0n) is 15.5. The number of hydrogen-bond acceptors (Lipinski definition) is 8. The van der Waals surface area contributed by atoms with Crippen molar-refractivity contribution in [2.75, 3.05) is 14.2 Å². The summed E-state index contributed by atoms with van der Waals surface area (Å²) in [6.07, 6.45) is -0.265. The molecule has 0 aromatic heterocycles. The molecule has 10 heteroatoms. The molecule has 0 aliphatic rings. The Morgan fingerprint density at radius 2 is 1.35 bits per heavy atom. The molecule has 2 N–H and O–H groups in total. The number of ketones is 2. The van der Waals surface area contributed by atoms with E-state index in [1.54, 1.807) is 0 Å². The molecular formula is C16H24O10. The van der Waals surface area contributed by atoms with E-state index in [2.05, 4.69) is 9.47 Å². The van der Waals surface area contributed by atoms with Gasteiger partial charge in [-0.3, -0.25) is 28.8 Å². The highest BCUT2D eigenvalue weighted by Crippen LogP contribution is 2.28. The second-order valence-electron chi connectivity index (χ2n) is 5.88. The number of esters is 2.